The summed E-state index contributed by atoms with van der Waals surface area (Å²) in [5.41, 5.74) is 1.94. The number of likely N-dealkylation sites (tertiary alicyclic amines) is 1. The molecule has 0 aliphatic carbocycles. The molecule has 0 saturated carbocycles. The summed E-state index contributed by atoms with van der Waals surface area (Å²) < 4.78 is 6.61. The lowest BCUT2D eigenvalue weighted by Crippen LogP contribution is -2.55. The van der Waals surface area contributed by atoms with Crippen molar-refractivity contribution in [3.63, 3.8) is 0 Å². The largest absolute Gasteiger partial charge is 0.485 e. The van der Waals surface area contributed by atoms with Gasteiger partial charge < -0.3 is 14.5 Å². The van der Waals surface area contributed by atoms with Gasteiger partial charge in [-0.25, -0.2) is 0 Å². The van der Waals surface area contributed by atoms with Crippen molar-refractivity contribution < 1.29 is 9.53 Å². The number of amides is 1. The molecule has 4 nitrogen and oxygen atoms in total. The second-order valence-corrected chi connectivity index (χ2v) is 8.86. The standard InChI is InChI=1S/C22H28N2O2S/c1-17(2)23-10-8-22(9-11-23)16-24(21(25)13-18-7-12-27-15-18)14-19-5-3-4-6-20(19)26-22/h3-7,12,15,17H,8-11,13-14,16H2,1-2H3. The Morgan fingerprint density at radius 2 is 2.00 bits per heavy atom. The van der Waals surface area contributed by atoms with E-state index in [9.17, 15) is 4.79 Å². The van der Waals surface area contributed by atoms with Crippen molar-refractivity contribution in [2.45, 2.75) is 51.3 Å². The molecule has 1 aromatic heterocycles. The number of hydrogen-bond donors (Lipinski definition) is 0. The van der Waals surface area contributed by atoms with Crippen molar-refractivity contribution in [2.24, 2.45) is 0 Å². The van der Waals surface area contributed by atoms with Crippen molar-refractivity contribution in [3.8, 4) is 5.75 Å². The molecule has 1 saturated heterocycles. The molecule has 4 rings (SSSR count). The van der Waals surface area contributed by atoms with Crippen LogP contribution < -0.4 is 4.74 Å². The van der Waals surface area contributed by atoms with E-state index >= 15 is 0 Å². The molecule has 0 N–H and O–H groups in total. The summed E-state index contributed by atoms with van der Waals surface area (Å²) in [4.78, 5) is 17.6. The summed E-state index contributed by atoms with van der Waals surface area (Å²) in [6, 6.07) is 10.8. The molecule has 0 unspecified atom stereocenters. The Labute approximate surface area is 165 Å². The Morgan fingerprint density at radius 1 is 1.22 bits per heavy atom. The molecule has 2 aliphatic rings. The van der Waals surface area contributed by atoms with Crippen molar-refractivity contribution in [1.82, 2.24) is 9.80 Å². The quantitative estimate of drug-likeness (QED) is 0.803. The first kappa shape index (κ1) is 18.5. The Bertz CT molecular complexity index is 779. The van der Waals surface area contributed by atoms with E-state index in [1.165, 1.54) is 0 Å². The molecule has 1 fully saturated rings. The number of ether oxygens (including phenoxy) is 1. The number of para-hydroxylation sites is 1. The lowest BCUT2D eigenvalue weighted by atomic mass is 9.89. The van der Waals surface area contributed by atoms with Gasteiger partial charge in [-0.05, 0) is 42.3 Å². The zero-order valence-corrected chi connectivity index (χ0v) is 17.0. The minimum Gasteiger partial charge on any atom is -0.485 e. The van der Waals surface area contributed by atoms with E-state index in [1.807, 2.05) is 28.5 Å². The summed E-state index contributed by atoms with van der Waals surface area (Å²) in [5, 5.41) is 4.10. The highest BCUT2D eigenvalue weighted by molar-refractivity contribution is 7.08. The molecule has 3 heterocycles. The predicted molar refractivity (Wildman–Crippen MR) is 109 cm³/mol. The molecular weight excluding hydrogens is 356 g/mol. The van der Waals surface area contributed by atoms with Gasteiger partial charge in [0.2, 0.25) is 5.91 Å². The van der Waals surface area contributed by atoms with Gasteiger partial charge in [-0.2, -0.15) is 11.3 Å². The van der Waals surface area contributed by atoms with Crippen LogP contribution in [0.2, 0.25) is 0 Å². The van der Waals surface area contributed by atoms with Crippen molar-refractivity contribution >= 4 is 17.2 Å². The van der Waals surface area contributed by atoms with Crippen LogP contribution in [0, 0.1) is 0 Å². The van der Waals surface area contributed by atoms with Crippen LogP contribution >= 0.6 is 11.3 Å². The van der Waals surface area contributed by atoms with Gasteiger partial charge in [-0.1, -0.05) is 18.2 Å². The molecule has 2 aromatic rings. The smallest absolute Gasteiger partial charge is 0.227 e. The number of hydrogen-bond acceptors (Lipinski definition) is 4. The van der Waals surface area contributed by atoms with Crippen LogP contribution in [-0.2, 0) is 17.8 Å². The molecule has 0 bridgehead atoms. The maximum atomic E-state index is 13.1. The fraction of sp³-hybridized carbons (Fsp3) is 0.500. The topological polar surface area (TPSA) is 32.8 Å². The molecule has 0 atom stereocenters. The first-order valence-corrected chi connectivity index (χ1v) is 10.8. The molecule has 1 spiro atoms. The fourth-order valence-corrected chi connectivity index (χ4v) is 4.84. The molecule has 1 amide bonds. The Balaban J connectivity index is 1.58. The second-order valence-electron chi connectivity index (χ2n) is 8.08. The number of fused-ring (bicyclic) bond motifs is 1. The summed E-state index contributed by atoms with van der Waals surface area (Å²) >= 11 is 1.64. The monoisotopic (exact) mass is 384 g/mol. The van der Waals surface area contributed by atoms with E-state index in [0.29, 0.717) is 25.6 Å². The maximum absolute atomic E-state index is 13.1. The van der Waals surface area contributed by atoms with Gasteiger partial charge in [0, 0.05) is 44.1 Å². The number of piperidine rings is 1. The summed E-state index contributed by atoms with van der Waals surface area (Å²) in [6.45, 7) is 7.85. The lowest BCUT2D eigenvalue weighted by Gasteiger charge is -2.44. The molecule has 1 aromatic carbocycles. The van der Waals surface area contributed by atoms with Crippen molar-refractivity contribution in [3.05, 3.63) is 52.2 Å². The van der Waals surface area contributed by atoms with E-state index in [1.54, 1.807) is 11.3 Å². The number of benzene rings is 1. The van der Waals surface area contributed by atoms with Crippen LogP contribution in [-0.4, -0.2) is 47.0 Å². The van der Waals surface area contributed by atoms with Gasteiger partial charge in [0.15, 0.2) is 0 Å². The van der Waals surface area contributed by atoms with E-state index in [4.69, 9.17) is 4.74 Å². The van der Waals surface area contributed by atoms with Crippen molar-refractivity contribution in [2.75, 3.05) is 19.6 Å². The number of carbonyl (C=O) groups excluding carboxylic acids is 1. The van der Waals surface area contributed by atoms with Gasteiger partial charge in [0.1, 0.15) is 11.4 Å². The van der Waals surface area contributed by atoms with E-state index in [2.05, 4.69) is 36.3 Å². The van der Waals surface area contributed by atoms with Crippen LogP contribution in [0.25, 0.3) is 0 Å². The summed E-state index contributed by atoms with van der Waals surface area (Å²) in [5.74, 6) is 1.14. The molecule has 27 heavy (non-hydrogen) atoms. The summed E-state index contributed by atoms with van der Waals surface area (Å²) in [6.07, 6.45) is 2.39. The van der Waals surface area contributed by atoms with Gasteiger partial charge in [0.25, 0.3) is 0 Å². The highest BCUT2D eigenvalue weighted by Crippen LogP contribution is 2.36. The van der Waals surface area contributed by atoms with E-state index in [0.717, 1.165) is 42.8 Å². The minimum atomic E-state index is -0.275. The Kier molecular flexibility index (Phi) is 5.24. The highest BCUT2D eigenvalue weighted by Gasteiger charge is 2.42. The molecule has 2 aliphatic heterocycles. The minimum absolute atomic E-state index is 0.194. The van der Waals surface area contributed by atoms with Gasteiger partial charge in [0.05, 0.1) is 13.0 Å². The predicted octanol–water partition coefficient (Wildman–Crippen LogP) is 3.95. The molecule has 0 radical (unpaired) electrons. The molecule has 144 valence electrons. The molecular formula is C22H28N2O2S. The zero-order chi connectivity index (χ0) is 18.9. The number of rotatable bonds is 3. The third kappa shape index (κ3) is 4.04. The van der Waals surface area contributed by atoms with Crippen molar-refractivity contribution in [1.29, 1.82) is 0 Å². The number of carbonyl (C=O) groups is 1. The zero-order valence-electron chi connectivity index (χ0n) is 16.2. The maximum Gasteiger partial charge on any atom is 0.227 e. The number of thiophene rings is 1. The third-order valence-corrected chi connectivity index (χ3v) is 6.60. The fourth-order valence-electron chi connectivity index (χ4n) is 4.17. The third-order valence-electron chi connectivity index (χ3n) is 5.87. The van der Waals surface area contributed by atoms with Gasteiger partial charge in [-0.3, -0.25) is 4.79 Å². The van der Waals surface area contributed by atoms with E-state index < -0.39 is 0 Å². The van der Waals surface area contributed by atoms with Crippen LogP contribution in [0.3, 0.4) is 0 Å². The highest BCUT2D eigenvalue weighted by atomic mass is 32.1. The molecule has 5 heteroatoms. The van der Waals surface area contributed by atoms with Gasteiger partial charge in [-0.15, -0.1) is 0 Å². The van der Waals surface area contributed by atoms with Crippen LogP contribution in [0.1, 0.15) is 37.8 Å². The first-order chi connectivity index (χ1) is 13.0. The normalized spacial score (nSPS) is 19.6. The lowest BCUT2D eigenvalue weighted by molar-refractivity contribution is -0.134. The second kappa shape index (κ2) is 7.64. The van der Waals surface area contributed by atoms with Crippen LogP contribution in [0.15, 0.2) is 41.1 Å². The van der Waals surface area contributed by atoms with Crippen LogP contribution in [0.5, 0.6) is 5.75 Å². The summed E-state index contributed by atoms with van der Waals surface area (Å²) in [7, 11) is 0. The SMILES string of the molecule is CC(C)N1CCC2(CC1)CN(C(=O)Cc1ccsc1)Cc1ccccc1O2. The number of nitrogens with zero attached hydrogens (tertiary/aromatic N) is 2. The Morgan fingerprint density at radius 3 is 2.70 bits per heavy atom. The average molecular weight is 385 g/mol. The van der Waals surface area contributed by atoms with Crippen LogP contribution in [0.4, 0.5) is 0 Å². The Hall–Kier alpha value is -1.85. The van der Waals surface area contributed by atoms with Gasteiger partial charge >= 0.3 is 0 Å². The average Bonchev–Trinajstić information content (AvgIpc) is 3.10. The van der Waals surface area contributed by atoms with E-state index in [-0.39, 0.29) is 11.5 Å². The first-order valence-electron chi connectivity index (χ1n) is 9.84.